The molecule has 70 valence electrons. The Bertz CT molecular complexity index is 473. The van der Waals surface area contributed by atoms with Gasteiger partial charge in [0.15, 0.2) is 0 Å². The molecule has 1 aromatic heterocycles. The summed E-state index contributed by atoms with van der Waals surface area (Å²) < 4.78 is 2.29. The first-order chi connectivity index (χ1) is 6.86. The van der Waals surface area contributed by atoms with E-state index < -0.39 is 0 Å². The number of benzene rings is 1. The zero-order valence-electron chi connectivity index (χ0n) is 7.97. The summed E-state index contributed by atoms with van der Waals surface area (Å²) in [6.07, 6.45) is 2.14. The van der Waals surface area contributed by atoms with Gasteiger partial charge in [-0.1, -0.05) is 12.1 Å². The molecule has 1 aromatic carbocycles. The largest absolute Gasteiger partial charge is 0.319 e. The molecule has 1 atom stereocenters. The van der Waals surface area contributed by atoms with Crippen LogP contribution in [0.25, 0.3) is 5.69 Å². The maximum atomic E-state index is 2.29. The molecule has 2 aromatic rings. The number of para-hydroxylation sites is 1. The van der Waals surface area contributed by atoms with Crippen LogP contribution >= 0.6 is 11.8 Å². The number of nitrogens with zero attached hydrogens (tertiary/aromatic N) is 1. The van der Waals surface area contributed by atoms with Gasteiger partial charge in [0.1, 0.15) is 0 Å². The summed E-state index contributed by atoms with van der Waals surface area (Å²) in [5, 5.41) is 0.555. The lowest BCUT2D eigenvalue weighted by atomic mass is 10.2. The van der Waals surface area contributed by atoms with E-state index in [-0.39, 0.29) is 0 Å². The molecule has 0 saturated carbocycles. The molecule has 0 N–H and O–H groups in total. The van der Waals surface area contributed by atoms with Crippen LogP contribution in [0.5, 0.6) is 0 Å². The minimum atomic E-state index is 0.555. The number of aromatic nitrogens is 1. The van der Waals surface area contributed by atoms with Crippen molar-refractivity contribution < 1.29 is 0 Å². The van der Waals surface area contributed by atoms with Gasteiger partial charge >= 0.3 is 0 Å². The SMILES string of the molecule is CC1Sc2ccccc2-n2cccc21. The Kier molecular flexibility index (Phi) is 1.71. The van der Waals surface area contributed by atoms with Gasteiger partial charge in [-0.15, -0.1) is 11.8 Å². The third kappa shape index (κ3) is 1.04. The maximum absolute atomic E-state index is 2.29. The quantitative estimate of drug-likeness (QED) is 0.630. The molecular formula is C12H11NS. The van der Waals surface area contributed by atoms with Crippen LogP contribution in [0.4, 0.5) is 0 Å². The highest BCUT2D eigenvalue weighted by Crippen LogP contribution is 2.43. The molecular weight excluding hydrogens is 190 g/mol. The molecule has 0 spiro atoms. The third-order valence-electron chi connectivity index (χ3n) is 2.63. The molecule has 1 aliphatic rings. The first kappa shape index (κ1) is 8.18. The average Bonchev–Trinajstić information content (AvgIpc) is 2.67. The summed E-state index contributed by atoms with van der Waals surface area (Å²) in [6, 6.07) is 12.9. The van der Waals surface area contributed by atoms with Crippen molar-refractivity contribution in [3.05, 3.63) is 48.3 Å². The molecule has 3 rings (SSSR count). The highest BCUT2D eigenvalue weighted by atomic mass is 32.2. The highest BCUT2D eigenvalue weighted by Gasteiger charge is 2.20. The van der Waals surface area contributed by atoms with E-state index >= 15 is 0 Å². The van der Waals surface area contributed by atoms with Gasteiger partial charge in [-0.25, -0.2) is 0 Å². The lowest BCUT2D eigenvalue weighted by Crippen LogP contribution is -2.07. The predicted molar refractivity (Wildman–Crippen MR) is 60.0 cm³/mol. The lowest BCUT2D eigenvalue weighted by Gasteiger charge is -2.23. The van der Waals surface area contributed by atoms with Crippen molar-refractivity contribution in [3.63, 3.8) is 0 Å². The number of thioether (sulfide) groups is 1. The Hall–Kier alpha value is -1.15. The Morgan fingerprint density at radius 2 is 2.00 bits per heavy atom. The minimum Gasteiger partial charge on any atom is -0.319 e. The Morgan fingerprint density at radius 3 is 2.93 bits per heavy atom. The van der Waals surface area contributed by atoms with Gasteiger partial charge in [-0.3, -0.25) is 0 Å². The zero-order chi connectivity index (χ0) is 9.54. The number of fused-ring (bicyclic) bond motifs is 3. The molecule has 0 bridgehead atoms. The predicted octanol–water partition coefficient (Wildman–Crippen LogP) is 3.64. The van der Waals surface area contributed by atoms with Crippen molar-refractivity contribution in [1.82, 2.24) is 4.57 Å². The fourth-order valence-corrected chi connectivity index (χ4v) is 3.09. The van der Waals surface area contributed by atoms with E-state index in [2.05, 4.69) is 54.1 Å². The summed E-state index contributed by atoms with van der Waals surface area (Å²) in [4.78, 5) is 1.38. The third-order valence-corrected chi connectivity index (χ3v) is 3.82. The van der Waals surface area contributed by atoms with E-state index in [0.717, 1.165) is 0 Å². The van der Waals surface area contributed by atoms with Gasteiger partial charge in [0.25, 0.3) is 0 Å². The van der Waals surface area contributed by atoms with E-state index in [0.29, 0.717) is 5.25 Å². The summed E-state index contributed by atoms with van der Waals surface area (Å²) in [6.45, 7) is 2.26. The molecule has 1 unspecified atom stereocenters. The van der Waals surface area contributed by atoms with Crippen LogP contribution < -0.4 is 0 Å². The first-order valence-corrected chi connectivity index (χ1v) is 5.67. The van der Waals surface area contributed by atoms with Crippen molar-refractivity contribution in [2.45, 2.75) is 17.1 Å². The summed E-state index contributed by atoms with van der Waals surface area (Å²) in [7, 11) is 0. The van der Waals surface area contributed by atoms with E-state index in [1.165, 1.54) is 16.3 Å². The van der Waals surface area contributed by atoms with Crippen LogP contribution in [0.1, 0.15) is 17.9 Å². The Labute approximate surface area is 87.8 Å². The number of rotatable bonds is 0. The van der Waals surface area contributed by atoms with Crippen LogP contribution in [0, 0.1) is 0 Å². The second-order valence-electron chi connectivity index (χ2n) is 3.53. The highest BCUT2D eigenvalue weighted by molar-refractivity contribution is 7.99. The molecule has 0 saturated heterocycles. The van der Waals surface area contributed by atoms with Gasteiger partial charge < -0.3 is 4.57 Å². The van der Waals surface area contributed by atoms with Crippen LogP contribution in [-0.2, 0) is 0 Å². The van der Waals surface area contributed by atoms with E-state index in [4.69, 9.17) is 0 Å². The van der Waals surface area contributed by atoms with Crippen LogP contribution in [-0.4, -0.2) is 4.57 Å². The summed E-state index contributed by atoms with van der Waals surface area (Å²) >= 11 is 1.94. The smallest absolute Gasteiger partial charge is 0.0588 e. The molecule has 0 aliphatic carbocycles. The van der Waals surface area contributed by atoms with Crippen LogP contribution in [0.15, 0.2) is 47.5 Å². The zero-order valence-corrected chi connectivity index (χ0v) is 8.79. The van der Waals surface area contributed by atoms with Crippen molar-refractivity contribution >= 4 is 11.8 Å². The Morgan fingerprint density at radius 1 is 1.14 bits per heavy atom. The molecule has 2 heterocycles. The molecule has 2 heteroatoms. The normalized spacial score (nSPS) is 18.8. The second kappa shape index (κ2) is 2.92. The van der Waals surface area contributed by atoms with E-state index in [1.54, 1.807) is 0 Å². The lowest BCUT2D eigenvalue weighted by molar-refractivity contribution is 0.883. The van der Waals surface area contributed by atoms with Crippen molar-refractivity contribution in [2.75, 3.05) is 0 Å². The fraction of sp³-hybridized carbons (Fsp3) is 0.167. The second-order valence-corrected chi connectivity index (χ2v) is 4.91. The molecule has 14 heavy (non-hydrogen) atoms. The molecule has 0 radical (unpaired) electrons. The molecule has 1 aliphatic heterocycles. The van der Waals surface area contributed by atoms with Gasteiger partial charge in [-0.05, 0) is 31.2 Å². The van der Waals surface area contributed by atoms with Crippen molar-refractivity contribution in [2.24, 2.45) is 0 Å². The number of hydrogen-bond donors (Lipinski definition) is 0. The van der Waals surface area contributed by atoms with Crippen molar-refractivity contribution in [1.29, 1.82) is 0 Å². The monoisotopic (exact) mass is 201 g/mol. The molecule has 0 fully saturated rings. The number of hydrogen-bond acceptors (Lipinski definition) is 1. The maximum Gasteiger partial charge on any atom is 0.0588 e. The van der Waals surface area contributed by atoms with Crippen LogP contribution in [0.2, 0.25) is 0 Å². The molecule has 0 amide bonds. The van der Waals surface area contributed by atoms with Gasteiger partial charge in [0.05, 0.1) is 5.69 Å². The van der Waals surface area contributed by atoms with Gasteiger partial charge in [0, 0.05) is 22.0 Å². The van der Waals surface area contributed by atoms with Gasteiger partial charge in [-0.2, -0.15) is 0 Å². The Balaban J connectivity index is 2.29. The topological polar surface area (TPSA) is 4.93 Å². The fourth-order valence-electron chi connectivity index (χ4n) is 1.95. The van der Waals surface area contributed by atoms with Crippen molar-refractivity contribution in [3.8, 4) is 5.69 Å². The van der Waals surface area contributed by atoms with Gasteiger partial charge in [0.2, 0.25) is 0 Å². The summed E-state index contributed by atoms with van der Waals surface area (Å²) in [5.41, 5.74) is 2.71. The van der Waals surface area contributed by atoms with E-state index in [1.807, 2.05) is 11.8 Å². The standard InChI is InChI=1S/C12H11NS/c1-9-10-6-4-8-13(10)11-5-2-3-7-12(11)14-9/h2-9H,1H3. The average molecular weight is 201 g/mol. The van der Waals surface area contributed by atoms with E-state index in [9.17, 15) is 0 Å². The van der Waals surface area contributed by atoms with Crippen LogP contribution in [0.3, 0.4) is 0 Å². The first-order valence-electron chi connectivity index (χ1n) is 4.79. The summed E-state index contributed by atoms with van der Waals surface area (Å²) in [5.74, 6) is 0. The molecule has 1 nitrogen and oxygen atoms in total. The minimum absolute atomic E-state index is 0.555.